The van der Waals surface area contributed by atoms with E-state index in [1.807, 2.05) is 48.5 Å². The van der Waals surface area contributed by atoms with Gasteiger partial charge in [0, 0.05) is 3.57 Å². The van der Waals surface area contributed by atoms with Crippen LogP contribution in [0.1, 0.15) is 11.4 Å². The Bertz CT molecular complexity index is 1260. The summed E-state index contributed by atoms with van der Waals surface area (Å²) in [5.74, 6) is 1.43. The first-order valence-corrected chi connectivity index (χ1v) is 9.97. The molecule has 0 atom stereocenters. The number of halogens is 1. The number of phenols is 1. The summed E-state index contributed by atoms with van der Waals surface area (Å²) in [6.45, 7) is 0. The van der Waals surface area contributed by atoms with Crippen LogP contribution in [0.25, 0.3) is 28.7 Å². The number of benzene rings is 3. The number of methoxy groups -OCH3 is 1. The van der Waals surface area contributed by atoms with Gasteiger partial charge in [-0.1, -0.05) is 18.2 Å². The van der Waals surface area contributed by atoms with Crippen LogP contribution >= 0.6 is 22.6 Å². The Hall–Kier alpha value is -3.13. The average Bonchev–Trinajstić information content (AvgIpc) is 2.74. The van der Waals surface area contributed by atoms with Crippen molar-refractivity contribution in [1.82, 2.24) is 9.55 Å². The van der Waals surface area contributed by atoms with Gasteiger partial charge in [-0.05, 0) is 88.8 Å². The largest absolute Gasteiger partial charge is 0.508 e. The third-order valence-corrected chi connectivity index (χ3v) is 5.18. The van der Waals surface area contributed by atoms with Gasteiger partial charge in [0.25, 0.3) is 5.56 Å². The summed E-state index contributed by atoms with van der Waals surface area (Å²) in [6.07, 6.45) is 3.66. The van der Waals surface area contributed by atoms with Crippen LogP contribution in [0.2, 0.25) is 0 Å². The fourth-order valence-electron chi connectivity index (χ4n) is 3.02. The highest BCUT2D eigenvalue weighted by molar-refractivity contribution is 14.1. The van der Waals surface area contributed by atoms with Crippen LogP contribution < -0.4 is 10.3 Å². The van der Waals surface area contributed by atoms with Crippen LogP contribution in [0.5, 0.6) is 11.5 Å². The molecule has 0 spiro atoms. The second kappa shape index (κ2) is 8.08. The molecule has 0 unspecified atom stereocenters. The first-order valence-electron chi connectivity index (χ1n) is 8.89. The van der Waals surface area contributed by atoms with E-state index in [2.05, 4.69) is 22.6 Å². The number of nitrogens with zero attached hydrogens (tertiary/aromatic N) is 2. The van der Waals surface area contributed by atoms with Gasteiger partial charge in [-0.25, -0.2) is 4.98 Å². The third-order valence-electron chi connectivity index (χ3n) is 4.50. The molecule has 0 bridgehead atoms. The van der Waals surface area contributed by atoms with Gasteiger partial charge >= 0.3 is 0 Å². The van der Waals surface area contributed by atoms with E-state index in [1.54, 1.807) is 42.0 Å². The lowest BCUT2D eigenvalue weighted by atomic mass is 10.2. The second-order valence-corrected chi connectivity index (χ2v) is 7.64. The molecule has 1 heterocycles. The number of ether oxygens (including phenoxy) is 1. The minimum absolute atomic E-state index is 0.135. The molecular weight excluding hydrogens is 479 g/mol. The van der Waals surface area contributed by atoms with Crippen molar-refractivity contribution in [2.45, 2.75) is 0 Å². The molecule has 3 aromatic carbocycles. The van der Waals surface area contributed by atoms with Crippen molar-refractivity contribution in [1.29, 1.82) is 0 Å². The van der Waals surface area contributed by atoms with Gasteiger partial charge in [0.1, 0.15) is 17.3 Å². The molecule has 1 N–H and O–H groups in total. The Morgan fingerprint density at radius 2 is 1.72 bits per heavy atom. The van der Waals surface area contributed by atoms with Gasteiger partial charge in [0.05, 0.1) is 23.7 Å². The molecular formula is C23H17IN2O3. The second-order valence-electron chi connectivity index (χ2n) is 6.39. The number of aromatic hydroxyl groups is 1. The topological polar surface area (TPSA) is 64.3 Å². The molecule has 5 nitrogen and oxygen atoms in total. The molecule has 0 saturated heterocycles. The molecule has 0 fully saturated rings. The first-order chi connectivity index (χ1) is 14.0. The maximum Gasteiger partial charge on any atom is 0.266 e. The lowest BCUT2D eigenvalue weighted by molar-refractivity contribution is 0.414. The Balaban J connectivity index is 1.91. The van der Waals surface area contributed by atoms with Gasteiger partial charge in [0.2, 0.25) is 0 Å². The summed E-state index contributed by atoms with van der Waals surface area (Å²) in [4.78, 5) is 18.1. The minimum Gasteiger partial charge on any atom is -0.508 e. The van der Waals surface area contributed by atoms with Crippen LogP contribution in [-0.4, -0.2) is 21.8 Å². The molecule has 0 aliphatic rings. The molecule has 29 heavy (non-hydrogen) atoms. The lowest BCUT2D eigenvalue weighted by Crippen LogP contribution is -2.22. The highest BCUT2D eigenvalue weighted by Crippen LogP contribution is 2.20. The monoisotopic (exact) mass is 496 g/mol. The van der Waals surface area contributed by atoms with Gasteiger partial charge in [-0.15, -0.1) is 0 Å². The molecule has 0 aliphatic carbocycles. The van der Waals surface area contributed by atoms with E-state index in [0.717, 1.165) is 9.13 Å². The minimum atomic E-state index is -0.135. The van der Waals surface area contributed by atoms with Crippen molar-refractivity contribution in [2.24, 2.45) is 0 Å². The van der Waals surface area contributed by atoms with Crippen molar-refractivity contribution in [3.63, 3.8) is 0 Å². The predicted octanol–water partition coefficient (Wildman–Crippen LogP) is 4.87. The van der Waals surface area contributed by atoms with Crippen LogP contribution in [0.15, 0.2) is 71.5 Å². The first kappa shape index (κ1) is 19.2. The van der Waals surface area contributed by atoms with E-state index < -0.39 is 0 Å². The van der Waals surface area contributed by atoms with E-state index in [0.29, 0.717) is 28.2 Å². The normalized spacial score (nSPS) is 11.2. The van der Waals surface area contributed by atoms with Crippen LogP contribution in [0.4, 0.5) is 0 Å². The average molecular weight is 496 g/mol. The Labute approximate surface area is 181 Å². The van der Waals surface area contributed by atoms with Gasteiger partial charge in [-0.3, -0.25) is 9.36 Å². The van der Waals surface area contributed by atoms with Gasteiger partial charge in [0.15, 0.2) is 0 Å². The van der Waals surface area contributed by atoms with Crippen molar-refractivity contribution in [2.75, 3.05) is 7.11 Å². The molecule has 144 valence electrons. The SMILES string of the molecule is COc1ccc(-n2c(/C=C/c3ccc(O)cc3)nc3ccc(I)cc3c2=O)cc1. The van der Waals surface area contributed by atoms with Crippen molar-refractivity contribution < 1.29 is 9.84 Å². The van der Waals surface area contributed by atoms with Crippen molar-refractivity contribution >= 4 is 45.6 Å². The predicted molar refractivity (Wildman–Crippen MR) is 124 cm³/mol. The molecule has 0 radical (unpaired) electrons. The van der Waals surface area contributed by atoms with E-state index in [9.17, 15) is 9.90 Å². The zero-order valence-electron chi connectivity index (χ0n) is 15.5. The highest BCUT2D eigenvalue weighted by Gasteiger charge is 2.12. The standard InChI is InChI=1S/C23H17IN2O3/c1-29-19-10-6-17(7-11-19)26-22(13-4-15-2-8-18(27)9-3-15)25-21-12-5-16(24)14-20(21)23(26)28/h2-14,27H,1H3/b13-4+. The Morgan fingerprint density at radius 1 is 1.00 bits per heavy atom. The third kappa shape index (κ3) is 4.02. The Morgan fingerprint density at radius 3 is 2.41 bits per heavy atom. The number of aromatic nitrogens is 2. The van der Waals surface area contributed by atoms with Crippen LogP contribution in [0, 0.1) is 3.57 Å². The number of fused-ring (bicyclic) bond motifs is 1. The molecule has 0 amide bonds. The fraction of sp³-hybridized carbons (Fsp3) is 0.0435. The highest BCUT2D eigenvalue weighted by atomic mass is 127. The van der Waals surface area contributed by atoms with Crippen LogP contribution in [0.3, 0.4) is 0 Å². The Kier molecular flexibility index (Phi) is 5.35. The zero-order valence-corrected chi connectivity index (χ0v) is 17.7. The molecule has 1 aromatic heterocycles. The van der Waals surface area contributed by atoms with Gasteiger partial charge < -0.3 is 9.84 Å². The summed E-state index contributed by atoms with van der Waals surface area (Å²) >= 11 is 2.19. The smallest absolute Gasteiger partial charge is 0.266 e. The number of hydrogen-bond acceptors (Lipinski definition) is 4. The van der Waals surface area contributed by atoms with E-state index >= 15 is 0 Å². The summed E-state index contributed by atoms with van der Waals surface area (Å²) in [5.41, 5.74) is 2.10. The molecule has 0 aliphatic heterocycles. The maximum absolute atomic E-state index is 13.3. The maximum atomic E-state index is 13.3. The number of hydrogen-bond donors (Lipinski definition) is 1. The zero-order chi connectivity index (χ0) is 20.4. The number of phenolic OH excluding ortho intramolecular Hbond substituents is 1. The lowest BCUT2D eigenvalue weighted by Gasteiger charge is -2.12. The summed E-state index contributed by atoms with van der Waals surface area (Å²) in [7, 11) is 1.60. The summed E-state index contributed by atoms with van der Waals surface area (Å²) in [6, 6.07) is 19.8. The van der Waals surface area contributed by atoms with E-state index in [1.165, 1.54) is 0 Å². The van der Waals surface area contributed by atoms with E-state index in [4.69, 9.17) is 9.72 Å². The van der Waals surface area contributed by atoms with Crippen molar-refractivity contribution in [3.8, 4) is 17.2 Å². The fourth-order valence-corrected chi connectivity index (χ4v) is 3.51. The quantitative estimate of drug-likeness (QED) is 0.410. The van der Waals surface area contributed by atoms with Crippen LogP contribution in [-0.2, 0) is 0 Å². The van der Waals surface area contributed by atoms with Gasteiger partial charge in [-0.2, -0.15) is 0 Å². The molecule has 4 rings (SSSR count). The molecule has 4 aromatic rings. The molecule has 6 heteroatoms. The summed E-state index contributed by atoms with van der Waals surface area (Å²) < 4.78 is 7.79. The molecule has 0 saturated carbocycles. The van der Waals surface area contributed by atoms with E-state index in [-0.39, 0.29) is 11.3 Å². The summed E-state index contributed by atoms with van der Waals surface area (Å²) in [5, 5.41) is 10.0. The number of rotatable bonds is 4. The van der Waals surface area contributed by atoms with Crippen molar-refractivity contribution in [3.05, 3.63) is 92.0 Å².